The maximum atomic E-state index is 8.69. The van der Waals surface area contributed by atoms with Crippen molar-refractivity contribution in [3.63, 3.8) is 0 Å². The van der Waals surface area contributed by atoms with Crippen molar-refractivity contribution >= 4 is 0 Å². The Kier molecular flexibility index (Phi) is 95.6. The number of ether oxygens (including phenoxy) is 6. The number of aliphatic hydroxyl groups excluding tert-OH is 6. The Morgan fingerprint density at radius 1 is 0.431 bits per heavy atom. The van der Waals surface area contributed by atoms with Gasteiger partial charge in [-0.3, -0.25) is 0 Å². The van der Waals surface area contributed by atoms with Crippen molar-refractivity contribution in [1.82, 2.24) is 0 Å². The quantitative estimate of drug-likeness (QED) is 0.150. The van der Waals surface area contributed by atoms with E-state index in [0.717, 1.165) is 90.6 Å². The maximum absolute atomic E-state index is 8.69. The molecule has 4 heterocycles. The number of hydrogen-bond acceptors (Lipinski definition) is 12. The Bertz CT molecular complexity index is 470. The number of aliphatic hydroxyl groups is 6. The van der Waals surface area contributed by atoms with Gasteiger partial charge in [0, 0.05) is 137 Å². The summed E-state index contributed by atoms with van der Waals surface area (Å²) in [7, 11) is 0. The van der Waals surface area contributed by atoms with Crippen molar-refractivity contribution in [1.29, 1.82) is 0 Å². The molecule has 6 N–H and O–H groups in total. The smallest absolute Gasteiger partial charge is 0.154 e. The molecule has 0 spiro atoms. The average molecular weight is 980 g/mol. The van der Waals surface area contributed by atoms with Crippen molar-refractivity contribution in [3.05, 3.63) is 0 Å². The van der Waals surface area contributed by atoms with Crippen LogP contribution in [0.4, 0.5) is 0 Å². The molecule has 12 nitrogen and oxygen atoms in total. The summed E-state index contributed by atoms with van der Waals surface area (Å²) in [6, 6.07) is 0. The largest absolute Gasteiger partial charge is 0.368 e. The fourth-order valence-electron chi connectivity index (χ4n) is 3.23. The molecule has 0 saturated carbocycles. The van der Waals surface area contributed by atoms with Crippen molar-refractivity contribution in [2.45, 2.75) is 188 Å². The van der Waals surface area contributed by atoms with Gasteiger partial charge < -0.3 is 59.1 Å². The van der Waals surface area contributed by atoms with Gasteiger partial charge in [0.25, 0.3) is 0 Å². The molecule has 0 bridgehead atoms. The molecule has 0 aromatic carbocycles. The second-order valence-electron chi connectivity index (χ2n) is 11.2. The molecule has 6 atom stereocenters. The zero-order chi connectivity index (χ0) is 32.2. The molecule has 4 saturated heterocycles. The Balaban J connectivity index is -0.0000000405. The van der Waals surface area contributed by atoms with Gasteiger partial charge in [0.15, 0.2) is 37.7 Å². The van der Waals surface area contributed by atoms with Gasteiger partial charge in [0.2, 0.25) is 0 Å². The van der Waals surface area contributed by atoms with Crippen LogP contribution >= 0.6 is 0 Å². The van der Waals surface area contributed by atoms with E-state index in [1.54, 1.807) is 13.8 Å². The van der Waals surface area contributed by atoms with E-state index in [4.69, 9.17) is 59.1 Å². The molecule has 51 heavy (non-hydrogen) atoms. The zero-order valence-corrected chi connectivity index (χ0v) is 37.3. The van der Waals surface area contributed by atoms with Gasteiger partial charge in [0.1, 0.15) is 0 Å². The van der Waals surface area contributed by atoms with Gasteiger partial charge in [-0.05, 0) is 77.0 Å². The van der Waals surface area contributed by atoms with Gasteiger partial charge in [-0.2, -0.15) is 0 Å². The topological polar surface area (TPSA) is 177 Å². The molecule has 4 rings (SSSR count). The van der Waals surface area contributed by atoms with Crippen LogP contribution in [0.5, 0.6) is 0 Å². The van der Waals surface area contributed by atoms with Crippen LogP contribution in [0.25, 0.3) is 0 Å². The fourth-order valence-corrected chi connectivity index (χ4v) is 3.23. The maximum Gasteiger partial charge on any atom is 0.154 e. The summed E-state index contributed by atoms with van der Waals surface area (Å²) in [4.78, 5) is 0. The van der Waals surface area contributed by atoms with Crippen LogP contribution in [0.3, 0.4) is 0 Å². The van der Waals surface area contributed by atoms with E-state index in [2.05, 4.69) is 0 Å². The Hall–Kier alpha value is 2.83. The summed E-state index contributed by atoms with van der Waals surface area (Å²) in [6.45, 7) is 15.6. The van der Waals surface area contributed by atoms with Crippen LogP contribution in [0.2, 0.25) is 0 Å². The Morgan fingerprint density at radius 3 is 0.725 bits per heavy atom. The third-order valence-electron chi connectivity index (χ3n) is 5.46. The van der Waals surface area contributed by atoms with Crippen LogP contribution in [-0.2, 0) is 127 Å². The average Bonchev–Trinajstić information content (AvgIpc) is 3.62. The molecule has 4 aliphatic rings. The first-order chi connectivity index (χ1) is 19.8. The molecule has 4 aliphatic heterocycles. The zero-order valence-electron chi connectivity index (χ0n) is 28.8. The molecule has 0 amide bonds. The van der Waals surface area contributed by atoms with Gasteiger partial charge in [0.05, 0.1) is 13.2 Å². The van der Waals surface area contributed by atoms with Gasteiger partial charge >= 0.3 is 0 Å². The van der Waals surface area contributed by atoms with Crippen LogP contribution in [0.15, 0.2) is 0 Å². The summed E-state index contributed by atoms with van der Waals surface area (Å²) >= 11 is 0. The van der Waals surface area contributed by atoms with Crippen LogP contribution in [0, 0.1) is 11.8 Å². The second kappa shape index (κ2) is 59.5. The summed E-state index contributed by atoms with van der Waals surface area (Å²) in [5.41, 5.74) is 0. The van der Waals surface area contributed by atoms with E-state index in [0.29, 0.717) is 25.0 Å². The first kappa shape index (κ1) is 81.9. The monoisotopic (exact) mass is 979 g/mol. The normalized spacial score (nSPS) is 21.8. The molecule has 6 unspecified atom stereocenters. The summed E-state index contributed by atoms with van der Waals surface area (Å²) in [5.74, 6) is 1.01. The van der Waals surface area contributed by atoms with Crippen molar-refractivity contribution < 1.29 is 157 Å². The minimum atomic E-state index is -0.614. The molecule has 3 radical (unpaired) electrons. The van der Waals surface area contributed by atoms with E-state index >= 15 is 0 Å². The number of rotatable bonds is 6. The third kappa shape index (κ3) is 74.4. The van der Waals surface area contributed by atoms with E-state index < -0.39 is 37.7 Å². The standard InChI is InChI=1S/2C6H14O2.2C5H10O2.2C4H8O2.6CH4.3Y/c2*1-5(2)4-8-6(3)7;2*6-5-3-1-2-4-7-5;2*5-4-2-1-3-6-4;;;;;;;;;/h2*5-7H,4H2,1-3H3;2*5-6H,1-4H2;2*4-5H,1-3H2;6*1H4;;;. The van der Waals surface area contributed by atoms with E-state index in [1.807, 2.05) is 27.7 Å². The fraction of sp³-hybridized carbons (Fsp3) is 1.00. The molecule has 0 aliphatic carbocycles. The number of hydrogen-bond donors (Lipinski definition) is 6. The predicted molar refractivity (Wildman–Crippen MR) is 199 cm³/mol. The SMILES string of the molecule is C.C.C.C.C.C.CC(C)COC(C)O.CC(C)COC(C)O.OC1CCCCO1.OC1CCCCO1.OC1CCCO1.OC1CCCO1.[Y].[Y].[Y]. The Labute approximate surface area is 392 Å². The van der Waals surface area contributed by atoms with Crippen LogP contribution < -0.4 is 0 Å². The van der Waals surface area contributed by atoms with E-state index in [9.17, 15) is 0 Å². The van der Waals surface area contributed by atoms with Crippen molar-refractivity contribution in [2.24, 2.45) is 11.8 Å². The summed E-state index contributed by atoms with van der Waals surface area (Å²) < 4.78 is 28.8. The van der Waals surface area contributed by atoms with Gasteiger partial charge in [-0.25, -0.2) is 0 Å². The van der Waals surface area contributed by atoms with Gasteiger partial charge in [-0.1, -0.05) is 72.3 Å². The summed E-state index contributed by atoms with van der Waals surface area (Å²) in [6.07, 6.45) is 6.69. The Morgan fingerprint density at radius 2 is 0.647 bits per heavy atom. The third-order valence-corrected chi connectivity index (χ3v) is 5.46. The second-order valence-corrected chi connectivity index (χ2v) is 11.2. The van der Waals surface area contributed by atoms with E-state index in [1.165, 1.54) is 0 Å². The minimum Gasteiger partial charge on any atom is -0.368 e. The van der Waals surface area contributed by atoms with E-state index in [-0.39, 0.29) is 143 Å². The first-order valence-electron chi connectivity index (χ1n) is 15.6. The molecule has 0 aromatic rings. The molecule has 4 fully saturated rings. The molecule has 0 aromatic heterocycles. The predicted octanol–water partition coefficient (Wildman–Crippen LogP) is 7.04. The molecule has 313 valence electrons. The minimum absolute atomic E-state index is 0. The first-order valence-corrected chi connectivity index (χ1v) is 15.6. The van der Waals surface area contributed by atoms with Crippen LogP contribution in [-0.4, -0.2) is 108 Å². The molecule has 15 heteroatoms. The van der Waals surface area contributed by atoms with Crippen LogP contribution in [0.1, 0.15) is 150 Å². The van der Waals surface area contributed by atoms with Gasteiger partial charge in [-0.15, -0.1) is 0 Å². The van der Waals surface area contributed by atoms with Crippen molar-refractivity contribution in [2.75, 3.05) is 39.6 Å². The van der Waals surface area contributed by atoms with Crippen molar-refractivity contribution in [3.8, 4) is 0 Å². The summed E-state index contributed by atoms with van der Waals surface area (Å²) in [5, 5.41) is 51.5. The molecular formula is C36H88O12Y3. The molecular weight excluding hydrogens is 891 g/mol.